The van der Waals surface area contributed by atoms with Crippen LogP contribution in [0, 0.1) is 0 Å². The molecule has 86 valence electrons. The van der Waals surface area contributed by atoms with Crippen LogP contribution in [-0.4, -0.2) is 10.9 Å². The van der Waals surface area contributed by atoms with Crippen molar-refractivity contribution in [3.8, 4) is 5.75 Å². The molecule has 2 rings (SSSR count). The third-order valence-corrected chi connectivity index (χ3v) is 3.69. The molecule has 0 atom stereocenters. The Bertz CT molecular complexity index is 555. The number of carbonyl (C=O) groups is 1. The predicted molar refractivity (Wildman–Crippen MR) is 73.5 cm³/mol. The lowest BCUT2D eigenvalue weighted by molar-refractivity contribution is 0.104. The Morgan fingerprint density at radius 2 is 2.00 bits per heavy atom. The van der Waals surface area contributed by atoms with E-state index >= 15 is 0 Å². The summed E-state index contributed by atoms with van der Waals surface area (Å²) in [4.78, 5) is 11.8. The van der Waals surface area contributed by atoms with E-state index in [-0.39, 0.29) is 11.5 Å². The van der Waals surface area contributed by atoms with Gasteiger partial charge in [0.25, 0.3) is 0 Å². The number of ketones is 1. The van der Waals surface area contributed by atoms with E-state index < -0.39 is 0 Å². The maximum atomic E-state index is 11.8. The van der Waals surface area contributed by atoms with Crippen LogP contribution in [0.3, 0.4) is 0 Å². The maximum Gasteiger partial charge on any atom is 0.185 e. The molecule has 4 heteroatoms. The zero-order valence-corrected chi connectivity index (χ0v) is 11.2. The monoisotopic (exact) mass is 308 g/mol. The molecule has 1 N–H and O–H groups in total. The number of phenols is 1. The number of allylic oxidation sites excluding steroid dienone is 1. The molecule has 0 aliphatic carbocycles. The van der Waals surface area contributed by atoms with Crippen molar-refractivity contribution in [2.45, 2.75) is 0 Å². The highest BCUT2D eigenvalue weighted by Crippen LogP contribution is 2.21. The minimum Gasteiger partial charge on any atom is -0.508 e. The van der Waals surface area contributed by atoms with Crippen molar-refractivity contribution in [2.24, 2.45) is 0 Å². The van der Waals surface area contributed by atoms with Crippen molar-refractivity contribution in [2.75, 3.05) is 0 Å². The first-order valence-electron chi connectivity index (χ1n) is 4.90. The molecule has 1 heterocycles. The molecule has 0 saturated heterocycles. The molecule has 1 aromatic carbocycles. The number of rotatable bonds is 3. The van der Waals surface area contributed by atoms with Crippen LogP contribution in [0.1, 0.15) is 15.9 Å². The fourth-order valence-corrected chi connectivity index (χ4v) is 2.45. The average molecular weight is 309 g/mol. The molecular weight excluding hydrogens is 300 g/mol. The third kappa shape index (κ3) is 3.28. The van der Waals surface area contributed by atoms with Crippen LogP contribution in [0.25, 0.3) is 6.08 Å². The molecule has 0 unspecified atom stereocenters. The zero-order valence-electron chi connectivity index (χ0n) is 8.76. The predicted octanol–water partition coefficient (Wildman–Crippen LogP) is 4.11. The van der Waals surface area contributed by atoms with Crippen molar-refractivity contribution < 1.29 is 9.90 Å². The molecule has 1 aromatic heterocycles. The van der Waals surface area contributed by atoms with E-state index in [0.29, 0.717) is 5.56 Å². The highest BCUT2D eigenvalue weighted by molar-refractivity contribution is 9.11. The van der Waals surface area contributed by atoms with E-state index in [4.69, 9.17) is 5.11 Å². The highest BCUT2D eigenvalue weighted by atomic mass is 79.9. The molecule has 0 amide bonds. The molecule has 2 aromatic rings. The Labute approximate surface area is 111 Å². The minimum atomic E-state index is -0.0766. The van der Waals surface area contributed by atoms with Gasteiger partial charge in [0.2, 0.25) is 0 Å². The van der Waals surface area contributed by atoms with Gasteiger partial charge in [0.1, 0.15) is 5.75 Å². The van der Waals surface area contributed by atoms with Crippen molar-refractivity contribution in [3.63, 3.8) is 0 Å². The summed E-state index contributed by atoms with van der Waals surface area (Å²) < 4.78 is 1.04. The lowest BCUT2D eigenvalue weighted by atomic mass is 10.1. The average Bonchev–Trinajstić information content (AvgIpc) is 2.73. The van der Waals surface area contributed by atoms with E-state index in [0.717, 1.165) is 9.35 Å². The molecule has 0 aliphatic rings. The Balaban J connectivity index is 2.11. The molecular formula is C13H9BrO2S. The van der Waals surface area contributed by atoms with Crippen LogP contribution in [0.15, 0.2) is 45.6 Å². The molecule has 0 bridgehead atoms. The summed E-state index contributed by atoms with van der Waals surface area (Å²) in [6, 6.07) is 8.16. The standard InChI is InChI=1S/C13H9BrO2S/c14-13-7-9(8-17-13)1-6-12(16)10-2-4-11(15)5-3-10/h1-8,15H/b6-1+. The first-order valence-corrected chi connectivity index (χ1v) is 6.58. The normalized spacial score (nSPS) is 10.9. The van der Waals surface area contributed by atoms with Gasteiger partial charge in [-0.3, -0.25) is 4.79 Å². The van der Waals surface area contributed by atoms with Crippen molar-refractivity contribution in [1.82, 2.24) is 0 Å². The fraction of sp³-hybridized carbons (Fsp3) is 0. The lowest BCUT2D eigenvalue weighted by Gasteiger charge is -1.95. The summed E-state index contributed by atoms with van der Waals surface area (Å²) >= 11 is 4.94. The van der Waals surface area contributed by atoms with Gasteiger partial charge in [-0.15, -0.1) is 11.3 Å². The SMILES string of the molecule is O=C(/C=C/c1csc(Br)c1)c1ccc(O)cc1. The molecule has 2 nitrogen and oxygen atoms in total. The van der Waals surface area contributed by atoms with Crippen LogP contribution < -0.4 is 0 Å². The Hall–Kier alpha value is -1.39. The Morgan fingerprint density at radius 1 is 1.29 bits per heavy atom. The largest absolute Gasteiger partial charge is 0.508 e. The summed E-state index contributed by atoms with van der Waals surface area (Å²) in [7, 11) is 0. The summed E-state index contributed by atoms with van der Waals surface area (Å²) in [6.07, 6.45) is 3.30. The topological polar surface area (TPSA) is 37.3 Å². The van der Waals surface area contributed by atoms with Crippen molar-refractivity contribution in [1.29, 1.82) is 0 Å². The Morgan fingerprint density at radius 3 is 2.59 bits per heavy atom. The van der Waals surface area contributed by atoms with Crippen LogP contribution in [0.2, 0.25) is 0 Å². The van der Waals surface area contributed by atoms with Gasteiger partial charge in [-0.05, 0) is 63.3 Å². The molecule has 0 spiro atoms. The third-order valence-electron chi connectivity index (χ3n) is 2.17. The summed E-state index contributed by atoms with van der Waals surface area (Å²) in [6.45, 7) is 0. The van der Waals surface area contributed by atoms with Crippen LogP contribution in [0.4, 0.5) is 0 Å². The number of aromatic hydroxyl groups is 1. The number of phenolic OH excluding ortho intramolecular Hbond substituents is 1. The van der Waals surface area contributed by atoms with Gasteiger partial charge in [0, 0.05) is 5.56 Å². The zero-order chi connectivity index (χ0) is 12.3. The van der Waals surface area contributed by atoms with Crippen LogP contribution in [-0.2, 0) is 0 Å². The summed E-state index contributed by atoms with van der Waals surface area (Å²) in [5, 5.41) is 11.1. The molecule has 0 radical (unpaired) electrons. The highest BCUT2D eigenvalue weighted by Gasteiger charge is 2.01. The van der Waals surface area contributed by atoms with E-state index in [9.17, 15) is 4.79 Å². The molecule has 0 fully saturated rings. The molecule has 0 aliphatic heterocycles. The van der Waals surface area contributed by atoms with Gasteiger partial charge in [0.05, 0.1) is 3.79 Å². The van der Waals surface area contributed by atoms with Crippen LogP contribution >= 0.6 is 27.3 Å². The molecule has 17 heavy (non-hydrogen) atoms. The van der Waals surface area contributed by atoms with Gasteiger partial charge >= 0.3 is 0 Å². The van der Waals surface area contributed by atoms with Gasteiger partial charge < -0.3 is 5.11 Å². The van der Waals surface area contributed by atoms with Gasteiger partial charge in [-0.1, -0.05) is 6.08 Å². The van der Waals surface area contributed by atoms with Gasteiger partial charge in [-0.2, -0.15) is 0 Å². The van der Waals surface area contributed by atoms with Crippen molar-refractivity contribution >= 4 is 39.1 Å². The summed E-state index contributed by atoms with van der Waals surface area (Å²) in [5.41, 5.74) is 1.56. The van der Waals surface area contributed by atoms with Crippen molar-refractivity contribution in [3.05, 3.63) is 56.7 Å². The van der Waals surface area contributed by atoms with E-state index in [2.05, 4.69) is 15.9 Å². The van der Waals surface area contributed by atoms with Crippen LogP contribution in [0.5, 0.6) is 5.75 Å². The first kappa shape index (κ1) is 12.1. The smallest absolute Gasteiger partial charge is 0.185 e. The number of benzene rings is 1. The lowest BCUT2D eigenvalue weighted by Crippen LogP contribution is -1.92. The number of carbonyl (C=O) groups excluding carboxylic acids is 1. The van der Waals surface area contributed by atoms with E-state index in [1.54, 1.807) is 29.5 Å². The number of halogens is 1. The quantitative estimate of drug-likeness (QED) is 0.684. The molecule has 0 saturated carbocycles. The second kappa shape index (κ2) is 5.29. The van der Waals surface area contributed by atoms with E-state index in [1.807, 2.05) is 11.4 Å². The maximum absolute atomic E-state index is 11.8. The van der Waals surface area contributed by atoms with E-state index in [1.165, 1.54) is 18.2 Å². The second-order valence-electron chi connectivity index (χ2n) is 3.43. The number of hydrogen-bond acceptors (Lipinski definition) is 3. The summed E-state index contributed by atoms with van der Waals surface area (Å²) in [5.74, 6) is 0.0830. The minimum absolute atomic E-state index is 0.0766. The van der Waals surface area contributed by atoms with Gasteiger partial charge in [0.15, 0.2) is 5.78 Å². The number of thiophene rings is 1. The Kier molecular flexibility index (Phi) is 3.76. The van der Waals surface area contributed by atoms with Gasteiger partial charge in [-0.25, -0.2) is 0 Å². The number of hydrogen-bond donors (Lipinski definition) is 1. The second-order valence-corrected chi connectivity index (χ2v) is 5.72. The first-order chi connectivity index (χ1) is 8.15. The fourth-order valence-electron chi connectivity index (χ4n) is 1.30.